The molecule has 8 aromatic rings. The molecule has 290 valence electrons. The van der Waals surface area contributed by atoms with Crippen LogP contribution in [-0.2, 0) is 14.9 Å². The second-order valence-electron chi connectivity index (χ2n) is 14.9. The molecule has 0 fully saturated rings. The van der Waals surface area contributed by atoms with Gasteiger partial charge in [0.15, 0.2) is 0 Å². The lowest BCUT2D eigenvalue weighted by Crippen LogP contribution is -2.28. The van der Waals surface area contributed by atoms with Crippen LogP contribution < -0.4 is 9.47 Å². The number of carbonyl (C=O) groups is 6. The van der Waals surface area contributed by atoms with Crippen LogP contribution in [0, 0.1) is 0 Å². The highest BCUT2D eigenvalue weighted by Crippen LogP contribution is 2.56. The van der Waals surface area contributed by atoms with Crippen molar-refractivity contribution >= 4 is 57.4 Å². The Morgan fingerprint density at radius 2 is 0.770 bits per heavy atom. The van der Waals surface area contributed by atoms with Gasteiger partial charge in [0.25, 0.3) is 0 Å². The van der Waals surface area contributed by atoms with Gasteiger partial charge in [-0.15, -0.1) is 0 Å². The van der Waals surface area contributed by atoms with Gasteiger partial charge in [-0.2, -0.15) is 0 Å². The first-order chi connectivity index (χ1) is 29.6. The van der Waals surface area contributed by atoms with Gasteiger partial charge in [-0.3, -0.25) is 0 Å². The van der Waals surface area contributed by atoms with Gasteiger partial charge in [0, 0.05) is 0 Å². The van der Waals surface area contributed by atoms with Crippen molar-refractivity contribution in [3.63, 3.8) is 0 Å². The summed E-state index contributed by atoms with van der Waals surface area (Å²) >= 11 is 0. The van der Waals surface area contributed by atoms with Crippen LogP contribution in [0.5, 0.6) is 11.5 Å². The maximum Gasteiger partial charge on any atom is 0.346 e. The number of rotatable bonds is 6. The molecule has 0 spiro atoms. The molecule has 0 aromatic heterocycles. The van der Waals surface area contributed by atoms with Gasteiger partial charge in [0.1, 0.15) is 11.5 Å². The normalized spacial score (nSPS) is 14.2. The molecule has 1 aliphatic carbocycles. The highest BCUT2D eigenvalue weighted by atomic mass is 16.6. The highest BCUT2D eigenvalue weighted by molar-refractivity contribution is 6.16. The quantitative estimate of drug-likeness (QED) is 0.0908. The lowest BCUT2D eigenvalue weighted by Gasteiger charge is -2.34. The summed E-state index contributed by atoms with van der Waals surface area (Å²) in [5.41, 5.74) is 6.26. The van der Waals surface area contributed by atoms with Crippen LogP contribution >= 0.6 is 0 Å². The standard InChI is InChI=1S/C51H26O10/c52-45(31-13-19-39-41(25-31)49(56)60-47(39)54)58-35-17-11-27-21-33(15-9-29(27)23-35)51(43-7-3-1-5-37(43)38-6-2-4-8-44(38)51)34-16-10-30-24-36(18-12-28(30)22-34)59-46(53)32-14-20-40-42(26-32)50(57)61-48(40)55/h1-26H. The van der Waals surface area contributed by atoms with E-state index < -0.39 is 41.2 Å². The van der Waals surface area contributed by atoms with Crippen molar-refractivity contribution in [1.82, 2.24) is 0 Å². The summed E-state index contributed by atoms with van der Waals surface area (Å²) in [7, 11) is 0. The number of ether oxygens (including phenoxy) is 4. The van der Waals surface area contributed by atoms with Crippen LogP contribution in [0.15, 0.2) is 158 Å². The van der Waals surface area contributed by atoms with E-state index in [0.29, 0.717) is 11.5 Å². The van der Waals surface area contributed by atoms with Crippen LogP contribution in [0.4, 0.5) is 0 Å². The summed E-state index contributed by atoms with van der Waals surface area (Å²) in [4.78, 5) is 74.3. The van der Waals surface area contributed by atoms with Crippen molar-refractivity contribution in [1.29, 1.82) is 0 Å². The van der Waals surface area contributed by atoms with Crippen LogP contribution in [0.3, 0.4) is 0 Å². The zero-order valence-electron chi connectivity index (χ0n) is 31.6. The van der Waals surface area contributed by atoms with E-state index in [-0.39, 0.29) is 33.4 Å². The number of benzene rings is 8. The number of hydrogen-bond acceptors (Lipinski definition) is 10. The molecule has 2 aliphatic heterocycles. The topological polar surface area (TPSA) is 139 Å². The van der Waals surface area contributed by atoms with Gasteiger partial charge >= 0.3 is 35.8 Å². The van der Waals surface area contributed by atoms with Crippen LogP contribution in [0.25, 0.3) is 32.7 Å². The fraction of sp³-hybridized carbons (Fsp3) is 0.0196. The Morgan fingerprint density at radius 1 is 0.377 bits per heavy atom. The second kappa shape index (κ2) is 13.3. The third-order valence-corrected chi connectivity index (χ3v) is 11.6. The predicted octanol–water partition coefficient (Wildman–Crippen LogP) is 9.42. The summed E-state index contributed by atoms with van der Waals surface area (Å²) in [6, 6.07) is 48.3. The summed E-state index contributed by atoms with van der Waals surface area (Å²) in [5.74, 6) is -3.85. The molecule has 0 saturated carbocycles. The third kappa shape index (κ3) is 5.50. The average molecular weight is 799 g/mol. The molecule has 0 radical (unpaired) electrons. The van der Waals surface area contributed by atoms with Crippen molar-refractivity contribution in [3.05, 3.63) is 213 Å². The lowest BCUT2D eigenvalue weighted by molar-refractivity contribution is 0.0425. The van der Waals surface area contributed by atoms with E-state index >= 15 is 0 Å². The zero-order valence-corrected chi connectivity index (χ0v) is 31.6. The minimum absolute atomic E-state index is 0.0235. The molecule has 0 bridgehead atoms. The van der Waals surface area contributed by atoms with E-state index in [0.717, 1.165) is 54.9 Å². The third-order valence-electron chi connectivity index (χ3n) is 11.6. The Bertz CT molecular complexity index is 3120. The number of fused-ring (bicyclic) bond motifs is 7. The molecule has 2 heterocycles. The van der Waals surface area contributed by atoms with Crippen molar-refractivity contribution in [3.8, 4) is 22.6 Å². The summed E-state index contributed by atoms with van der Waals surface area (Å²) in [5, 5.41) is 3.49. The minimum Gasteiger partial charge on any atom is -0.423 e. The zero-order chi connectivity index (χ0) is 41.6. The summed E-state index contributed by atoms with van der Waals surface area (Å²) in [6.07, 6.45) is 0. The Kier molecular flexibility index (Phi) is 7.75. The number of hydrogen-bond donors (Lipinski definition) is 0. The number of carbonyl (C=O) groups excluding carboxylic acids is 6. The Balaban J connectivity index is 0.953. The van der Waals surface area contributed by atoms with E-state index in [1.807, 2.05) is 48.5 Å². The van der Waals surface area contributed by atoms with Crippen molar-refractivity contribution in [2.24, 2.45) is 0 Å². The van der Waals surface area contributed by atoms with Crippen molar-refractivity contribution in [2.75, 3.05) is 0 Å². The lowest BCUT2D eigenvalue weighted by atomic mass is 9.67. The van der Waals surface area contributed by atoms with E-state index in [4.69, 9.17) is 9.47 Å². The first kappa shape index (κ1) is 35.6. The average Bonchev–Trinajstić information content (AvgIpc) is 3.87. The second-order valence-corrected chi connectivity index (χ2v) is 14.9. The van der Waals surface area contributed by atoms with E-state index in [9.17, 15) is 28.8 Å². The maximum absolute atomic E-state index is 13.2. The Labute approximate surface area is 345 Å². The van der Waals surface area contributed by atoms with E-state index in [1.165, 1.54) is 36.4 Å². The molecule has 8 aromatic carbocycles. The Hall–Kier alpha value is -8.50. The molecule has 10 heteroatoms. The minimum atomic E-state index is -0.803. The van der Waals surface area contributed by atoms with E-state index in [2.05, 4.69) is 58.0 Å². The SMILES string of the molecule is O=C(Oc1ccc2cc(C3(c4ccc5cc(OC(=O)c6ccc7c(c6)C(=O)OC7=O)ccc5c4)c4ccccc4-c4ccccc43)ccc2c1)c1ccc2c(c1)C(=O)OC2=O. The van der Waals surface area contributed by atoms with Gasteiger partial charge in [-0.1, -0.05) is 84.9 Å². The largest absolute Gasteiger partial charge is 0.423 e. The first-order valence-corrected chi connectivity index (χ1v) is 19.2. The molecule has 0 saturated heterocycles. The first-order valence-electron chi connectivity index (χ1n) is 19.2. The molecule has 61 heavy (non-hydrogen) atoms. The maximum atomic E-state index is 13.2. The molecular formula is C51H26O10. The van der Waals surface area contributed by atoms with Crippen LogP contribution in [-0.4, -0.2) is 35.8 Å². The van der Waals surface area contributed by atoms with Crippen molar-refractivity contribution in [2.45, 2.75) is 5.41 Å². The molecule has 0 unspecified atom stereocenters. The highest BCUT2D eigenvalue weighted by Gasteiger charge is 2.46. The molecule has 3 aliphatic rings. The fourth-order valence-corrected chi connectivity index (χ4v) is 8.82. The predicted molar refractivity (Wildman–Crippen MR) is 221 cm³/mol. The summed E-state index contributed by atoms with van der Waals surface area (Å²) in [6.45, 7) is 0. The van der Waals surface area contributed by atoms with Crippen molar-refractivity contribution < 1.29 is 47.7 Å². The monoisotopic (exact) mass is 798 g/mol. The van der Waals surface area contributed by atoms with Gasteiger partial charge in [-0.25, -0.2) is 28.8 Å². The van der Waals surface area contributed by atoms with Gasteiger partial charge in [-0.05, 0) is 128 Å². The fourth-order valence-electron chi connectivity index (χ4n) is 8.82. The smallest absolute Gasteiger partial charge is 0.346 e. The Morgan fingerprint density at radius 3 is 1.23 bits per heavy atom. The van der Waals surface area contributed by atoms with Gasteiger partial charge < -0.3 is 18.9 Å². The molecule has 10 nitrogen and oxygen atoms in total. The number of cyclic esters (lactones) is 4. The van der Waals surface area contributed by atoms with Crippen LogP contribution in [0.1, 0.15) is 84.4 Å². The molecule has 11 rings (SSSR count). The van der Waals surface area contributed by atoms with Crippen LogP contribution in [0.2, 0.25) is 0 Å². The van der Waals surface area contributed by atoms with E-state index in [1.54, 1.807) is 24.3 Å². The molecular weight excluding hydrogens is 773 g/mol. The van der Waals surface area contributed by atoms with Gasteiger partial charge in [0.05, 0.1) is 38.8 Å². The molecule has 0 atom stereocenters. The summed E-state index contributed by atoms with van der Waals surface area (Å²) < 4.78 is 20.8. The molecule has 0 N–H and O–H groups in total. The number of esters is 6. The van der Waals surface area contributed by atoms with Gasteiger partial charge in [0.2, 0.25) is 0 Å². The molecule has 0 amide bonds.